The van der Waals surface area contributed by atoms with E-state index in [2.05, 4.69) is 4.74 Å². The molecule has 0 aromatic heterocycles. The number of para-hydroxylation sites is 1. The summed E-state index contributed by atoms with van der Waals surface area (Å²) in [5, 5.41) is 0. The van der Waals surface area contributed by atoms with Gasteiger partial charge < -0.3 is 9.47 Å². The van der Waals surface area contributed by atoms with Crippen LogP contribution in [-0.4, -0.2) is 13.0 Å². The minimum absolute atomic E-state index is 0.205. The predicted molar refractivity (Wildman–Crippen MR) is 57.8 cm³/mol. The van der Waals surface area contributed by atoms with Crippen LogP contribution in [0.3, 0.4) is 0 Å². The first kappa shape index (κ1) is 13.8. The van der Waals surface area contributed by atoms with Gasteiger partial charge in [0.2, 0.25) is 0 Å². The standard InChI is InChI=1S/C12H15F3O2/c1-3-8-16-9(2)10-6-4-5-7-11(10)17-12(13,14)15/h4-7,9H,3,8H2,1-2H3. The van der Waals surface area contributed by atoms with E-state index in [-0.39, 0.29) is 5.75 Å². The molecule has 0 aliphatic rings. The van der Waals surface area contributed by atoms with E-state index in [0.717, 1.165) is 6.42 Å². The van der Waals surface area contributed by atoms with E-state index >= 15 is 0 Å². The molecule has 0 spiro atoms. The van der Waals surface area contributed by atoms with Crippen molar-refractivity contribution in [2.45, 2.75) is 32.7 Å². The minimum atomic E-state index is -4.68. The molecule has 2 nitrogen and oxygen atoms in total. The Balaban J connectivity index is 2.83. The largest absolute Gasteiger partial charge is 0.573 e. The molecule has 0 aliphatic heterocycles. The van der Waals surface area contributed by atoms with Gasteiger partial charge in [-0.1, -0.05) is 25.1 Å². The summed E-state index contributed by atoms with van der Waals surface area (Å²) in [6.45, 7) is 4.14. The van der Waals surface area contributed by atoms with Crippen molar-refractivity contribution in [2.75, 3.05) is 6.61 Å². The highest BCUT2D eigenvalue weighted by molar-refractivity contribution is 5.35. The molecule has 0 aliphatic carbocycles. The smallest absolute Gasteiger partial charge is 0.405 e. The average Bonchev–Trinajstić information content (AvgIpc) is 2.24. The van der Waals surface area contributed by atoms with E-state index in [4.69, 9.17) is 4.74 Å². The number of hydrogen-bond acceptors (Lipinski definition) is 2. The summed E-state index contributed by atoms with van der Waals surface area (Å²) in [7, 11) is 0. The Kier molecular flexibility index (Phi) is 4.81. The molecule has 96 valence electrons. The number of rotatable bonds is 5. The predicted octanol–water partition coefficient (Wildman–Crippen LogP) is 4.07. The van der Waals surface area contributed by atoms with Gasteiger partial charge in [-0.25, -0.2) is 0 Å². The van der Waals surface area contributed by atoms with Gasteiger partial charge in [0.15, 0.2) is 0 Å². The quantitative estimate of drug-likeness (QED) is 0.781. The summed E-state index contributed by atoms with van der Waals surface area (Å²) in [6.07, 6.45) is -4.29. The molecule has 0 heterocycles. The van der Waals surface area contributed by atoms with Crippen LogP contribution in [0.25, 0.3) is 0 Å². The average molecular weight is 248 g/mol. The molecule has 0 saturated heterocycles. The zero-order chi connectivity index (χ0) is 12.9. The molecule has 0 amide bonds. The maximum absolute atomic E-state index is 12.2. The van der Waals surface area contributed by atoms with Gasteiger partial charge in [-0.2, -0.15) is 0 Å². The zero-order valence-electron chi connectivity index (χ0n) is 9.75. The molecule has 1 atom stereocenters. The summed E-state index contributed by atoms with van der Waals surface area (Å²) in [5.41, 5.74) is 0.401. The Morgan fingerprint density at radius 1 is 1.24 bits per heavy atom. The second-order valence-electron chi connectivity index (χ2n) is 3.60. The van der Waals surface area contributed by atoms with E-state index in [1.165, 1.54) is 12.1 Å². The lowest BCUT2D eigenvalue weighted by molar-refractivity contribution is -0.275. The summed E-state index contributed by atoms with van der Waals surface area (Å²) < 4.78 is 45.9. The van der Waals surface area contributed by atoms with Gasteiger partial charge >= 0.3 is 6.36 Å². The first-order valence-corrected chi connectivity index (χ1v) is 5.40. The third-order valence-electron chi connectivity index (χ3n) is 2.15. The van der Waals surface area contributed by atoms with Crippen molar-refractivity contribution in [3.05, 3.63) is 29.8 Å². The lowest BCUT2D eigenvalue weighted by Gasteiger charge is -2.18. The second kappa shape index (κ2) is 5.91. The van der Waals surface area contributed by atoms with Crippen LogP contribution in [0.5, 0.6) is 5.75 Å². The van der Waals surface area contributed by atoms with E-state index < -0.39 is 12.5 Å². The third-order valence-corrected chi connectivity index (χ3v) is 2.15. The second-order valence-corrected chi connectivity index (χ2v) is 3.60. The highest BCUT2D eigenvalue weighted by atomic mass is 19.4. The first-order chi connectivity index (χ1) is 7.94. The van der Waals surface area contributed by atoms with Crippen molar-refractivity contribution in [3.63, 3.8) is 0 Å². The van der Waals surface area contributed by atoms with E-state index in [0.29, 0.717) is 12.2 Å². The number of benzene rings is 1. The maximum atomic E-state index is 12.2. The normalized spacial score (nSPS) is 13.5. The fourth-order valence-electron chi connectivity index (χ4n) is 1.42. The molecule has 1 aromatic rings. The molecule has 0 saturated carbocycles. The molecular weight excluding hydrogens is 233 g/mol. The van der Waals surface area contributed by atoms with Crippen LogP contribution in [0, 0.1) is 0 Å². The summed E-state index contributed by atoms with van der Waals surface area (Å²) in [6, 6.07) is 6.01. The Bertz CT molecular complexity index is 350. The molecule has 1 aromatic carbocycles. The van der Waals surface area contributed by atoms with Crippen molar-refractivity contribution >= 4 is 0 Å². The highest BCUT2D eigenvalue weighted by Crippen LogP contribution is 2.31. The SMILES string of the molecule is CCCOC(C)c1ccccc1OC(F)(F)F. The van der Waals surface area contributed by atoms with Crippen LogP contribution in [0.1, 0.15) is 31.9 Å². The van der Waals surface area contributed by atoms with Crippen molar-refractivity contribution in [1.29, 1.82) is 0 Å². The van der Waals surface area contributed by atoms with Gasteiger partial charge in [0, 0.05) is 12.2 Å². The summed E-state index contributed by atoms with van der Waals surface area (Å²) >= 11 is 0. The monoisotopic (exact) mass is 248 g/mol. The molecule has 0 N–H and O–H groups in total. The third kappa shape index (κ3) is 4.65. The van der Waals surface area contributed by atoms with Crippen molar-refractivity contribution < 1.29 is 22.6 Å². The van der Waals surface area contributed by atoms with E-state index in [1.807, 2.05) is 6.92 Å². The maximum Gasteiger partial charge on any atom is 0.573 e. The molecular formula is C12H15F3O2. The van der Waals surface area contributed by atoms with Crippen LogP contribution in [0.15, 0.2) is 24.3 Å². The zero-order valence-corrected chi connectivity index (χ0v) is 9.75. The molecule has 0 bridgehead atoms. The summed E-state index contributed by atoms with van der Waals surface area (Å²) in [4.78, 5) is 0. The van der Waals surface area contributed by atoms with E-state index in [9.17, 15) is 13.2 Å². The Hall–Kier alpha value is -1.23. The summed E-state index contributed by atoms with van der Waals surface area (Å²) in [5.74, 6) is -0.205. The number of halogens is 3. The van der Waals surface area contributed by atoms with Crippen LogP contribution in [-0.2, 0) is 4.74 Å². The van der Waals surface area contributed by atoms with Gasteiger partial charge in [-0.05, 0) is 19.4 Å². The van der Waals surface area contributed by atoms with Crippen LogP contribution < -0.4 is 4.74 Å². The van der Waals surface area contributed by atoms with Gasteiger partial charge in [-0.3, -0.25) is 0 Å². The van der Waals surface area contributed by atoms with Crippen molar-refractivity contribution in [3.8, 4) is 5.75 Å². The van der Waals surface area contributed by atoms with Gasteiger partial charge in [0.05, 0.1) is 6.10 Å². The Morgan fingerprint density at radius 3 is 2.47 bits per heavy atom. The van der Waals surface area contributed by atoms with Crippen molar-refractivity contribution in [1.82, 2.24) is 0 Å². The molecule has 1 rings (SSSR count). The minimum Gasteiger partial charge on any atom is -0.405 e. The lowest BCUT2D eigenvalue weighted by Crippen LogP contribution is -2.18. The van der Waals surface area contributed by atoms with Crippen LogP contribution in [0.4, 0.5) is 13.2 Å². The van der Waals surface area contributed by atoms with E-state index in [1.54, 1.807) is 19.1 Å². The van der Waals surface area contributed by atoms with Crippen molar-refractivity contribution in [2.24, 2.45) is 0 Å². The molecule has 1 unspecified atom stereocenters. The topological polar surface area (TPSA) is 18.5 Å². The number of hydrogen-bond donors (Lipinski definition) is 0. The fourth-order valence-corrected chi connectivity index (χ4v) is 1.42. The van der Waals surface area contributed by atoms with Gasteiger partial charge in [0.1, 0.15) is 5.75 Å². The highest BCUT2D eigenvalue weighted by Gasteiger charge is 2.32. The number of alkyl halides is 3. The molecule has 17 heavy (non-hydrogen) atoms. The Labute approximate surface area is 98.3 Å². The van der Waals surface area contributed by atoms with Crippen LogP contribution >= 0.6 is 0 Å². The van der Waals surface area contributed by atoms with Crippen LogP contribution in [0.2, 0.25) is 0 Å². The van der Waals surface area contributed by atoms with Gasteiger partial charge in [-0.15, -0.1) is 13.2 Å². The molecule has 5 heteroatoms. The first-order valence-electron chi connectivity index (χ1n) is 5.40. The lowest BCUT2D eigenvalue weighted by atomic mass is 10.1. The fraction of sp³-hybridized carbons (Fsp3) is 0.500. The Morgan fingerprint density at radius 2 is 1.88 bits per heavy atom. The van der Waals surface area contributed by atoms with Gasteiger partial charge in [0.25, 0.3) is 0 Å². The molecule has 0 radical (unpaired) electrons. The molecule has 0 fully saturated rings. The number of ether oxygens (including phenoxy) is 2.